The van der Waals surface area contributed by atoms with Crippen LogP contribution in [0.4, 0.5) is 13.2 Å². The number of aliphatic hydroxyl groups is 1. The van der Waals surface area contributed by atoms with Crippen LogP contribution >= 0.6 is 0 Å². The number of benzene rings is 2. The quantitative estimate of drug-likeness (QED) is 0.0954. The SMILES string of the molecule is CCCC[Se]CC(=O)O[C@@H]1[C@@H](NC(=O)C(F)(F)F)C[C@H](O[C@H]2C[C@](O)(C(C)=O)Cc3c(O)c4c(c(O)c32)C(=O)c2c(OC)cccc2C4=O)O[C@H]1C. The van der Waals surface area contributed by atoms with Crippen molar-refractivity contribution in [1.82, 2.24) is 5.32 Å². The molecule has 17 heteroatoms. The number of ether oxygens (including phenoxy) is 4. The first-order chi connectivity index (χ1) is 24.4. The second-order valence-electron chi connectivity index (χ2n) is 12.9. The number of halogens is 3. The molecule has 5 rings (SSSR count). The molecule has 0 unspecified atom stereocenters. The van der Waals surface area contributed by atoms with Crippen LogP contribution in [0.3, 0.4) is 0 Å². The second-order valence-corrected chi connectivity index (χ2v) is 15.2. The molecule has 2 aromatic rings. The molecular weight excluding hydrogens is 762 g/mol. The molecule has 6 atom stereocenters. The number of alkyl halides is 3. The van der Waals surface area contributed by atoms with Gasteiger partial charge in [-0.2, -0.15) is 0 Å². The summed E-state index contributed by atoms with van der Waals surface area (Å²) in [6.07, 6.45) is -10.8. The molecule has 1 amide bonds. The van der Waals surface area contributed by atoms with Gasteiger partial charge in [-0.05, 0) is 13.0 Å². The van der Waals surface area contributed by atoms with E-state index in [-0.39, 0.29) is 48.3 Å². The van der Waals surface area contributed by atoms with E-state index in [0.717, 1.165) is 25.1 Å². The zero-order valence-electron chi connectivity index (χ0n) is 28.6. The molecule has 1 saturated heterocycles. The molecular formula is C35H38F3NO12Se. The van der Waals surface area contributed by atoms with Gasteiger partial charge in [-0.3, -0.25) is 14.4 Å². The van der Waals surface area contributed by atoms with E-state index < -0.39 is 114 Å². The number of ketones is 3. The first-order valence-electron chi connectivity index (χ1n) is 16.5. The Labute approximate surface area is 302 Å². The number of hydrogen-bond donors (Lipinski definition) is 4. The number of fused-ring (bicyclic) bond motifs is 3. The van der Waals surface area contributed by atoms with Gasteiger partial charge in [0.2, 0.25) is 5.78 Å². The maximum atomic E-state index is 13.9. The number of nitrogens with one attached hydrogen (secondary N) is 1. The number of amides is 1. The summed E-state index contributed by atoms with van der Waals surface area (Å²) in [6.45, 7) is 4.44. The normalized spacial score (nSPS) is 25.4. The van der Waals surface area contributed by atoms with Crippen molar-refractivity contribution in [2.75, 3.05) is 7.11 Å². The summed E-state index contributed by atoms with van der Waals surface area (Å²) in [6, 6.07) is 2.73. The van der Waals surface area contributed by atoms with E-state index in [4.69, 9.17) is 18.9 Å². The molecule has 2 aliphatic carbocycles. The average Bonchev–Trinajstić information content (AvgIpc) is 3.07. The zero-order valence-corrected chi connectivity index (χ0v) is 30.3. The van der Waals surface area contributed by atoms with Gasteiger partial charge >= 0.3 is 212 Å². The van der Waals surface area contributed by atoms with Crippen LogP contribution in [-0.2, 0) is 35.0 Å². The van der Waals surface area contributed by atoms with Crippen LogP contribution in [0.5, 0.6) is 17.2 Å². The fraction of sp³-hybridized carbons (Fsp3) is 0.514. The molecule has 0 aromatic heterocycles. The van der Waals surface area contributed by atoms with Crippen molar-refractivity contribution in [3.8, 4) is 17.2 Å². The summed E-state index contributed by atoms with van der Waals surface area (Å²) < 4.78 is 63.0. The Bertz CT molecular complexity index is 1800. The van der Waals surface area contributed by atoms with Crippen molar-refractivity contribution < 1.29 is 71.4 Å². The van der Waals surface area contributed by atoms with Crippen molar-refractivity contribution in [2.45, 2.75) is 106 Å². The standard InChI is InChI=1S/C35H38F3NO12Se/c1-5-6-10-52-14-22(41)51-32-15(2)49-23(11-19(32)39-33(46)35(36,37)38)50-21-13-34(47,16(3)40)12-18-25(21)31(45)27-26(29(18)43)28(42)17-8-7-9-20(48-4)24(17)30(27)44/h7-9,15,19,21,23,32,43,45,47H,5-6,10-14H2,1-4H3,(H,39,46)/t15-,19-,21-,23-,32-,34-/m0/s1. The Kier molecular flexibility index (Phi) is 11.4. The summed E-state index contributed by atoms with van der Waals surface area (Å²) >= 11 is -0.115. The minimum atomic E-state index is -5.29. The number of carbonyl (C=O) groups excluding carboxylic acids is 5. The molecule has 0 saturated carbocycles. The molecule has 0 spiro atoms. The fourth-order valence-corrected chi connectivity index (χ4v) is 8.60. The van der Waals surface area contributed by atoms with Crippen LogP contribution in [0.15, 0.2) is 18.2 Å². The Morgan fingerprint density at radius 1 is 1.10 bits per heavy atom. The number of methoxy groups -OCH3 is 1. The van der Waals surface area contributed by atoms with Gasteiger partial charge in [-0.25, -0.2) is 0 Å². The van der Waals surface area contributed by atoms with Gasteiger partial charge in [0, 0.05) is 5.56 Å². The van der Waals surface area contributed by atoms with E-state index in [2.05, 4.69) is 0 Å². The first-order valence-corrected chi connectivity index (χ1v) is 18.9. The topological polar surface area (TPSA) is 195 Å². The van der Waals surface area contributed by atoms with Gasteiger partial charge < -0.3 is 9.84 Å². The van der Waals surface area contributed by atoms with Crippen molar-refractivity contribution in [3.63, 3.8) is 0 Å². The van der Waals surface area contributed by atoms with Crippen LogP contribution in [0.1, 0.15) is 95.5 Å². The molecule has 4 N–H and O–H groups in total. The van der Waals surface area contributed by atoms with Crippen molar-refractivity contribution in [1.29, 1.82) is 0 Å². The number of carbonyl (C=O) groups is 5. The first kappa shape index (κ1) is 39.2. The molecule has 52 heavy (non-hydrogen) atoms. The number of hydrogen-bond acceptors (Lipinski definition) is 12. The van der Waals surface area contributed by atoms with Crippen molar-refractivity contribution in [2.24, 2.45) is 0 Å². The maximum absolute atomic E-state index is 13.9. The van der Waals surface area contributed by atoms with Gasteiger partial charge in [0.1, 0.15) is 5.75 Å². The summed E-state index contributed by atoms with van der Waals surface area (Å²) in [7, 11) is 1.27. The number of aromatic hydroxyl groups is 2. The Morgan fingerprint density at radius 3 is 2.42 bits per heavy atom. The van der Waals surface area contributed by atoms with E-state index in [9.17, 15) is 52.5 Å². The summed E-state index contributed by atoms with van der Waals surface area (Å²) in [5.74, 6) is -7.04. The van der Waals surface area contributed by atoms with Gasteiger partial charge in [-0.1, -0.05) is 12.1 Å². The van der Waals surface area contributed by atoms with E-state index in [1.807, 2.05) is 12.2 Å². The number of rotatable bonds is 11. The van der Waals surface area contributed by atoms with E-state index in [1.165, 1.54) is 32.2 Å². The second kappa shape index (κ2) is 15.1. The van der Waals surface area contributed by atoms with Gasteiger partial charge in [0.05, 0.1) is 18.2 Å². The summed E-state index contributed by atoms with van der Waals surface area (Å²) in [4.78, 5) is 65.1. The third-order valence-electron chi connectivity index (χ3n) is 9.42. The predicted octanol–water partition coefficient (Wildman–Crippen LogP) is 3.64. The molecule has 0 bridgehead atoms. The Balaban J connectivity index is 1.52. The minimum absolute atomic E-state index is 0.0191. The molecule has 1 aliphatic heterocycles. The number of phenols is 2. The molecule has 282 valence electrons. The van der Waals surface area contributed by atoms with Gasteiger partial charge in [0.25, 0.3) is 0 Å². The summed E-state index contributed by atoms with van der Waals surface area (Å²) in [5.41, 5.74) is -4.22. The fourth-order valence-electron chi connectivity index (χ4n) is 6.77. The van der Waals surface area contributed by atoms with Crippen LogP contribution < -0.4 is 10.1 Å². The van der Waals surface area contributed by atoms with Crippen LogP contribution in [0, 0.1) is 0 Å². The number of unbranched alkanes of at least 4 members (excludes halogenated alkanes) is 1. The van der Waals surface area contributed by atoms with E-state index >= 15 is 0 Å². The molecule has 2 aromatic carbocycles. The zero-order chi connectivity index (χ0) is 38.3. The molecule has 1 heterocycles. The number of Topliss-reactive ketones (excluding diaryl/α,β-unsaturated/α-hetero) is 1. The van der Waals surface area contributed by atoms with Gasteiger partial charge in [0.15, 0.2) is 5.78 Å². The predicted molar refractivity (Wildman–Crippen MR) is 175 cm³/mol. The number of esters is 1. The third-order valence-corrected chi connectivity index (χ3v) is 11.6. The van der Waals surface area contributed by atoms with E-state index in [0.29, 0.717) is 0 Å². The molecule has 0 radical (unpaired) electrons. The van der Waals surface area contributed by atoms with Crippen molar-refractivity contribution >= 4 is 44.2 Å². The van der Waals surface area contributed by atoms with E-state index in [1.54, 1.807) is 0 Å². The average molecular weight is 801 g/mol. The van der Waals surface area contributed by atoms with Crippen LogP contribution in [0.2, 0.25) is 10.6 Å². The number of phenolic OH excluding ortho intramolecular Hbond substituents is 2. The Hall–Kier alpha value is -4.02. The van der Waals surface area contributed by atoms with Crippen LogP contribution in [0.25, 0.3) is 0 Å². The molecule has 13 nitrogen and oxygen atoms in total. The monoisotopic (exact) mass is 801 g/mol. The molecule has 3 aliphatic rings. The van der Waals surface area contributed by atoms with Crippen LogP contribution in [-0.4, -0.2) is 103 Å². The third kappa shape index (κ3) is 7.42. The Morgan fingerprint density at radius 2 is 1.79 bits per heavy atom. The van der Waals surface area contributed by atoms with Crippen molar-refractivity contribution in [3.05, 3.63) is 51.6 Å². The summed E-state index contributed by atoms with van der Waals surface area (Å²) in [5, 5.41) is 37.4. The molecule has 1 fully saturated rings. The van der Waals surface area contributed by atoms with Gasteiger partial charge in [-0.15, -0.1) is 0 Å².